The van der Waals surface area contributed by atoms with Gasteiger partial charge in [0.2, 0.25) is 0 Å². The Morgan fingerprint density at radius 3 is 2.94 bits per heavy atom. The lowest BCUT2D eigenvalue weighted by molar-refractivity contribution is 0.0883. The van der Waals surface area contributed by atoms with Crippen molar-refractivity contribution in [3.05, 3.63) is 30.0 Å². The van der Waals surface area contributed by atoms with Gasteiger partial charge < -0.3 is 9.84 Å². The Hall–Kier alpha value is -1.39. The molecule has 0 fully saturated rings. The van der Waals surface area contributed by atoms with Gasteiger partial charge in [-0.3, -0.25) is 4.68 Å². The first-order valence-corrected chi connectivity index (χ1v) is 6.38. The van der Waals surface area contributed by atoms with E-state index in [1.165, 1.54) is 0 Å². The van der Waals surface area contributed by atoms with Crippen molar-refractivity contribution in [2.75, 3.05) is 13.2 Å². The zero-order valence-corrected chi connectivity index (χ0v) is 11.0. The van der Waals surface area contributed by atoms with Crippen LogP contribution in [-0.2, 0) is 18.2 Å². The number of nitrogens with zero attached hydrogens (tertiary/aromatic N) is 2. The summed E-state index contributed by atoms with van der Waals surface area (Å²) >= 11 is 0. The summed E-state index contributed by atoms with van der Waals surface area (Å²) in [4.78, 5) is 0. The van der Waals surface area contributed by atoms with Crippen LogP contribution >= 0.6 is 0 Å². The third-order valence-electron chi connectivity index (χ3n) is 3.06. The van der Waals surface area contributed by atoms with Crippen LogP contribution in [0.4, 0.5) is 0 Å². The highest BCUT2D eigenvalue weighted by molar-refractivity contribution is 5.81. The number of aliphatic hydroxyl groups excluding tert-OH is 1. The van der Waals surface area contributed by atoms with Crippen molar-refractivity contribution in [1.29, 1.82) is 0 Å². The second-order valence-corrected chi connectivity index (χ2v) is 4.43. The van der Waals surface area contributed by atoms with Crippen molar-refractivity contribution in [3.8, 4) is 0 Å². The van der Waals surface area contributed by atoms with E-state index in [1.54, 1.807) is 0 Å². The summed E-state index contributed by atoms with van der Waals surface area (Å²) in [5.41, 5.74) is 2.06. The number of aliphatic hydroxyl groups is 1. The van der Waals surface area contributed by atoms with Crippen molar-refractivity contribution in [2.45, 2.75) is 25.9 Å². The zero-order valence-electron chi connectivity index (χ0n) is 11.0. The third-order valence-corrected chi connectivity index (χ3v) is 3.06. The smallest absolute Gasteiger partial charge is 0.0728 e. The number of aryl methyl sites for hydroxylation is 1. The molecule has 1 N–H and O–H groups in total. The van der Waals surface area contributed by atoms with Crippen LogP contribution in [0.2, 0.25) is 0 Å². The van der Waals surface area contributed by atoms with E-state index < -0.39 is 6.10 Å². The quantitative estimate of drug-likeness (QED) is 0.794. The largest absolute Gasteiger partial charge is 0.393 e. The summed E-state index contributed by atoms with van der Waals surface area (Å²) < 4.78 is 7.11. The minimum Gasteiger partial charge on any atom is -0.393 e. The summed E-state index contributed by atoms with van der Waals surface area (Å²) in [6, 6.07) is 8.09. The molecule has 2 aromatic rings. The van der Waals surface area contributed by atoms with Gasteiger partial charge in [-0.25, -0.2) is 0 Å². The average Bonchev–Trinajstić information content (AvgIpc) is 2.67. The molecule has 0 aliphatic carbocycles. The number of benzene rings is 1. The number of para-hydroxylation sites is 1. The predicted molar refractivity (Wildman–Crippen MR) is 71.5 cm³/mol. The number of hydrogen-bond donors (Lipinski definition) is 1. The molecule has 2 rings (SSSR count). The van der Waals surface area contributed by atoms with E-state index in [2.05, 4.69) is 5.10 Å². The monoisotopic (exact) mass is 248 g/mol. The van der Waals surface area contributed by atoms with Crippen LogP contribution in [0.1, 0.15) is 19.0 Å². The van der Waals surface area contributed by atoms with Crippen LogP contribution in [0.25, 0.3) is 10.9 Å². The van der Waals surface area contributed by atoms with Gasteiger partial charge in [-0.1, -0.05) is 18.2 Å². The van der Waals surface area contributed by atoms with Gasteiger partial charge in [-0.15, -0.1) is 0 Å². The van der Waals surface area contributed by atoms with Crippen LogP contribution in [0.5, 0.6) is 0 Å². The Kier molecular flexibility index (Phi) is 4.33. The number of aromatic nitrogens is 2. The fourth-order valence-corrected chi connectivity index (χ4v) is 2.13. The molecule has 0 radical (unpaired) electrons. The standard InChI is InChI=1S/C14H20N2O2/c1-3-18-9-8-11(17)10-13-12-6-4-5-7-14(12)16(2)15-13/h4-7,11,17H,3,8-10H2,1-2H3. The molecule has 1 aromatic carbocycles. The molecule has 4 heteroatoms. The molecular weight excluding hydrogens is 228 g/mol. The lowest BCUT2D eigenvalue weighted by Crippen LogP contribution is -2.14. The topological polar surface area (TPSA) is 47.3 Å². The lowest BCUT2D eigenvalue weighted by Gasteiger charge is -2.08. The maximum atomic E-state index is 9.97. The minimum atomic E-state index is -0.394. The molecule has 0 spiro atoms. The summed E-state index contributed by atoms with van der Waals surface area (Å²) in [5, 5.41) is 15.6. The zero-order chi connectivity index (χ0) is 13.0. The summed E-state index contributed by atoms with van der Waals surface area (Å²) in [7, 11) is 1.93. The molecule has 0 aliphatic rings. The molecule has 4 nitrogen and oxygen atoms in total. The van der Waals surface area contributed by atoms with Gasteiger partial charge in [0.1, 0.15) is 0 Å². The maximum Gasteiger partial charge on any atom is 0.0728 e. The second-order valence-electron chi connectivity index (χ2n) is 4.43. The molecular formula is C14H20N2O2. The van der Waals surface area contributed by atoms with Gasteiger partial charge in [0.05, 0.1) is 17.3 Å². The Labute approximate surface area is 107 Å². The molecule has 1 unspecified atom stereocenters. The molecule has 0 aliphatic heterocycles. The Bertz CT molecular complexity index is 507. The van der Waals surface area contributed by atoms with Crippen molar-refractivity contribution >= 4 is 10.9 Å². The average molecular weight is 248 g/mol. The number of fused-ring (bicyclic) bond motifs is 1. The van der Waals surface area contributed by atoms with Gasteiger partial charge >= 0.3 is 0 Å². The highest BCUT2D eigenvalue weighted by atomic mass is 16.5. The molecule has 1 aromatic heterocycles. The highest BCUT2D eigenvalue weighted by Gasteiger charge is 2.12. The number of rotatable bonds is 6. The van der Waals surface area contributed by atoms with Crippen molar-refractivity contribution in [3.63, 3.8) is 0 Å². The van der Waals surface area contributed by atoms with E-state index in [1.807, 2.05) is 42.9 Å². The Morgan fingerprint density at radius 2 is 2.17 bits per heavy atom. The first kappa shape index (κ1) is 13.1. The van der Waals surface area contributed by atoms with Gasteiger partial charge in [0.25, 0.3) is 0 Å². The van der Waals surface area contributed by atoms with Crippen molar-refractivity contribution < 1.29 is 9.84 Å². The third kappa shape index (κ3) is 2.89. The highest BCUT2D eigenvalue weighted by Crippen LogP contribution is 2.19. The van der Waals surface area contributed by atoms with E-state index in [9.17, 15) is 5.11 Å². The van der Waals surface area contributed by atoms with E-state index in [0.717, 1.165) is 16.6 Å². The predicted octanol–water partition coefficient (Wildman–Crippen LogP) is 1.90. The summed E-state index contributed by atoms with van der Waals surface area (Å²) in [5.74, 6) is 0. The first-order chi connectivity index (χ1) is 8.72. The van der Waals surface area contributed by atoms with E-state index >= 15 is 0 Å². The molecule has 0 saturated heterocycles. The number of ether oxygens (including phenoxy) is 1. The molecule has 18 heavy (non-hydrogen) atoms. The summed E-state index contributed by atoms with van der Waals surface area (Å²) in [6.45, 7) is 3.25. The molecule has 0 bridgehead atoms. The van der Waals surface area contributed by atoms with Crippen LogP contribution in [0, 0.1) is 0 Å². The second kappa shape index (κ2) is 5.98. The van der Waals surface area contributed by atoms with Crippen molar-refractivity contribution in [1.82, 2.24) is 9.78 Å². The van der Waals surface area contributed by atoms with Crippen LogP contribution in [0.3, 0.4) is 0 Å². The van der Waals surface area contributed by atoms with Gasteiger partial charge in [-0.2, -0.15) is 5.10 Å². The Morgan fingerprint density at radius 1 is 1.39 bits per heavy atom. The fraction of sp³-hybridized carbons (Fsp3) is 0.500. The van der Waals surface area contributed by atoms with Crippen LogP contribution in [0.15, 0.2) is 24.3 Å². The van der Waals surface area contributed by atoms with Gasteiger partial charge in [-0.05, 0) is 19.4 Å². The first-order valence-electron chi connectivity index (χ1n) is 6.38. The molecule has 1 atom stereocenters. The van der Waals surface area contributed by atoms with Crippen LogP contribution in [-0.4, -0.2) is 34.2 Å². The van der Waals surface area contributed by atoms with E-state index in [0.29, 0.717) is 26.1 Å². The minimum absolute atomic E-state index is 0.394. The summed E-state index contributed by atoms with van der Waals surface area (Å²) in [6.07, 6.45) is 0.836. The Balaban J connectivity index is 2.07. The number of hydrogen-bond acceptors (Lipinski definition) is 3. The normalized spacial score (nSPS) is 13.1. The van der Waals surface area contributed by atoms with E-state index in [-0.39, 0.29) is 0 Å². The molecule has 1 heterocycles. The van der Waals surface area contributed by atoms with Gasteiger partial charge in [0, 0.05) is 32.1 Å². The molecule has 0 amide bonds. The van der Waals surface area contributed by atoms with E-state index in [4.69, 9.17) is 4.74 Å². The maximum absolute atomic E-state index is 9.97. The fourth-order valence-electron chi connectivity index (χ4n) is 2.13. The van der Waals surface area contributed by atoms with Crippen molar-refractivity contribution in [2.24, 2.45) is 7.05 Å². The molecule has 0 saturated carbocycles. The van der Waals surface area contributed by atoms with Gasteiger partial charge in [0.15, 0.2) is 0 Å². The SMILES string of the molecule is CCOCCC(O)Cc1nn(C)c2ccccc12. The van der Waals surface area contributed by atoms with Crippen LogP contribution < -0.4 is 0 Å². The lowest BCUT2D eigenvalue weighted by atomic mass is 10.1. The molecule has 98 valence electrons.